The number of fused-ring (bicyclic) bond motifs is 1. The van der Waals surface area contributed by atoms with E-state index < -0.39 is 17.8 Å². The van der Waals surface area contributed by atoms with E-state index in [1.165, 1.54) is 23.1 Å². The molecule has 0 fully saturated rings. The first-order valence-corrected chi connectivity index (χ1v) is 12.8. The van der Waals surface area contributed by atoms with Gasteiger partial charge in [0.2, 0.25) is 5.88 Å². The minimum absolute atomic E-state index is 0.0896. The maximum absolute atomic E-state index is 13.6. The highest BCUT2D eigenvalue weighted by Gasteiger charge is 2.33. The zero-order chi connectivity index (χ0) is 27.3. The van der Waals surface area contributed by atoms with Gasteiger partial charge in [0.15, 0.2) is 5.82 Å². The molecule has 38 heavy (non-hydrogen) atoms. The number of imidazole rings is 1. The summed E-state index contributed by atoms with van der Waals surface area (Å²) in [6, 6.07) is 11.6. The van der Waals surface area contributed by atoms with Crippen LogP contribution in [0.1, 0.15) is 59.9 Å². The van der Waals surface area contributed by atoms with Crippen molar-refractivity contribution in [3.8, 4) is 5.88 Å². The van der Waals surface area contributed by atoms with E-state index in [2.05, 4.69) is 10.3 Å². The van der Waals surface area contributed by atoms with Crippen molar-refractivity contribution in [1.29, 1.82) is 0 Å². The molecule has 1 N–H and O–H groups in total. The summed E-state index contributed by atoms with van der Waals surface area (Å²) in [4.78, 5) is 32.5. The number of aromatic nitrogens is 2. The summed E-state index contributed by atoms with van der Waals surface area (Å²) in [7, 11) is 0. The first-order chi connectivity index (χ1) is 18.2. The zero-order valence-electron chi connectivity index (χ0n) is 20.9. The van der Waals surface area contributed by atoms with Gasteiger partial charge < -0.3 is 10.1 Å². The second-order valence-corrected chi connectivity index (χ2v) is 9.42. The van der Waals surface area contributed by atoms with Gasteiger partial charge in [-0.3, -0.25) is 14.3 Å². The SMILES string of the molecule is CCCCN(C(=O)c1cccc(Cl)c1)c1nc2n(c1OC(=O)NCc1ccccc1C(F)(F)F)CCCC2. The predicted molar refractivity (Wildman–Crippen MR) is 138 cm³/mol. The van der Waals surface area contributed by atoms with Gasteiger partial charge in [-0.05, 0) is 49.1 Å². The fraction of sp³-hybridized carbons (Fsp3) is 0.370. The first kappa shape index (κ1) is 27.5. The van der Waals surface area contributed by atoms with Crippen LogP contribution in [0.2, 0.25) is 5.02 Å². The van der Waals surface area contributed by atoms with E-state index in [0.717, 1.165) is 25.3 Å². The van der Waals surface area contributed by atoms with E-state index >= 15 is 0 Å². The second kappa shape index (κ2) is 11.9. The number of rotatable bonds is 8. The lowest BCUT2D eigenvalue weighted by Gasteiger charge is -2.22. The number of ether oxygens (including phenoxy) is 1. The molecule has 2 aromatic carbocycles. The molecule has 11 heteroatoms. The van der Waals surface area contributed by atoms with Gasteiger partial charge in [0, 0.05) is 36.6 Å². The largest absolute Gasteiger partial charge is 0.416 e. The molecule has 0 spiro atoms. The van der Waals surface area contributed by atoms with Crippen LogP contribution in [-0.4, -0.2) is 28.1 Å². The van der Waals surface area contributed by atoms with Crippen LogP contribution in [0.4, 0.5) is 23.8 Å². The van der Waals surface area contributed by atoms with E-state index in [0.29, 0.717) is 42.3 Å². The van der Waals surface area contributed by atoms with Crippen LogP contribution >= 0.6 is 11.6 Å². The van der Waals surface area contributed by atoms with Crippen molar-refractivity contribution in [2.24, 2.45) is 0 Å². The summed E-state index contributed by atoms with van der Waals surface area (Å²) < 4.78 is 47.5. The van der Waals surface area contributed by atoms with Gasteiger partial charge in [0.05, 0.1) is 5.56 Å². The van der Waals surface area contributed by atoms with Gasteiger partial charge in [-0.25, -0.2) is 9.78 Å². The number of benzene rings is 2. The number of nitrogens with one attached hydrogen (secondary N) is 1. The fourth-order valence-electron chi connectivity index (χ4n) is 4.36. The van der Waals surface area contributed by atoms with Gasteiger partial charge in [-0.15, -0.1) is 0 Å². The van der Waals surface area contributed by atoms with Gasteiger partial charge in [-0.2, -0.15) is 13.2 Å². The Morgan fingerprint density at radius 3 is 2.68 bits per heavy atom. The second-order valence-electron chi connectivity index (χ2n) is 8.98. The lowest BCUT2D eigenvalue weighted by Crippen LogP contribution is -2.34. The molecule has 1 aromatic heterocycles. The van der Waals surface area contributed by atoms with E-state index in [-0.39, 0.29) is 29.7 Å². The standard InChI is InChI=1S/C27H28ClF3N4O3/c1-2-3-14-35(24(36)18-10-8-11-20(28)16-18)23-25(34-15-7-6-13-22(34)33-23)38-26(37)32-17-19-9-4-5-12-21(19)27(29,30)31/h4-5,8-12,16H,2-3,6-7,13-15,17H2,1H3,(H,32,37). The van der Waals surface area contributed by atoms with Crippen LogP contribution in [-0.2, 0) is 25.7 Å². The van der Waals surface area contributed by atoms with Crippen molar-refractivity contribution in [2.45, 2.75) is 58.3 Å². The van der Waals surface area contributed by atoms with Crippen molar-refractivity contribution in [3.63, 3.8) is 0 Å². The molecule has 1 aliphatic rings. The van der Waals surface area contributed by atoms with Crippen molar-refractivity contribution < 1.29 is 27.5 Å². The van der Waals surface area contributed by atoms with Crippen molar-refractivity contribution in [3.05, 3.63) is 76.1 Å². The molecule has 4 rings (SSSR count). The molecule has 0 unspecified atom stereocenters. The zero-order valence-corrected chi connectivity index (χ0v) is 21.6. The molecule has 1 aliphatic heterocycles. The molecular formula is C27H28ClF3N4O3. The van der Waals surface area contributed by atoms with Crippen LogP contribution in [0, 0.1) is 0 Å². The van der Waals surface area contributed by atoms with Crippen molar-refractivity contribution >= 4 is 29.4 Å². The average molecular weight is 549 g/mol. The number of hydrogen-bond donors (Lipinski definition) is 1. The molecule has 202 valence electrons. The molecule has 0 saturated heterocycles. The number of carbonyl (C=O) groups excluding carboxylic acids is 2. The summed E-state index contributed by atoms with van der Waals surface area (Å²) in [6.45, 7) is 2.47. The highest BCUT2D eigenvalue weighted by atomic mass is 35.5. The van der Waals surface area contributed by atoms with E-state index in [4.69, 9.17) is 16.3 Å². The number of carbonyl (C=O) groups is 2. The Morgan fingerprint density at radius 1 is 1.16 bits per heavy atom. The molecule has 0 bridgehead atoms. The number of amides is 2. The molecule has 0 aliphatic carbocycles. The Bertz CT molecular complexity index is 1310. The molecule has 0 radical (unpaired) electrons. The van der Waals surface area contributed by atoms with Gasteiger partial charge in [-0.1, -0.05) is 49.2 Å². The van der Waals surface area contributed by atoms with Crippen molar-refractivity contribution in [1.82, 2.24) is 14.9 Å². The Morgan fingerprint density at radius 2 is 1.95 bits per heavy atom. The highest BCUT2D eigenvalue weighted by Crippen LogP contribution is 2.35. The number of halogens is 4. The smallest absolute Gasteiger partial charge is 0.389 e. The molecule has 2 heterocycles. The summed E-state index contributed by atoms with van der Waals surface area (Å²) in [6.07, 6.45) is -1.65. The summed E-state index contributed by atoms with van der Waals surface area (Å²) in [5.41, 5.74) is -0.562. The number of hydrogen-bond acceptors (Lipinski definition) is 4. The number of aryl methyl sites for hydroxylation is 1. The number of unbranched alkanes of at least 4 members (excludes halogenated alkanes) is 1. The van der Waals surface area contributed by atoms with Crippen LogP contribution < -0.4 is 15.0 Å². The Balaban J connectivity index is 1.62. The average Bonchev–Trinajstić information content (AvgIpc) is 3.25. The molecular weight excluding hydrogens is 521 g/mol. The Kier molecular flexibility index (Phi) is 8.61. The topological polar surface area (TPSA) is 76.5 Å². The van der Waals surface area contributed by atoms with Gasteiger partial charge >= 0.3 is 12.3 Å². The lowest BCUT2D eigenvalue weighted by molar-refractivity contribution is -0.138. The van der Waals surface area contributed by atoms with Crippen LogP contribution in [0.25, 0.3) is 0 Å². The number of anilines is 1. The van der Waals surface area contributed by atoms with Crippen LogP contribution in [0.15, 0.2) is 48.5 Å². The Hall–Kier alpha value is -3.53. The minimum atomic E-state index is -4.56. The lowest BCUT2D eigenvalue weighted by atomic mass is 10.1. The fourth-order valence-corrected chi connectivity index (χ4v) is 4.55. The normalized spacial score (nSPS) is 13.1. The molecule has 3 aromatic rings. The van der Waals surface area contributed by atoms with Gasteiger partial charge in [0.25, 0.3) is 5.91 Å². The quantitative estimate of drug-likeness (QED) is 0.343. The van der Waals surface area contributed by atoms with E-state index in [1.54, 1.807) is 28.8 Å². The molecule has 2 amide bonds. The maximum Gasteiger partial charge on any atom is 0.416 e. The third-order valence-electron chi connectivity index (χ3n) is 6.26. The molecule has 0 atom stereocenters. The minimum Gasteiger partial charge on any atom is -0.389 e. The van der Waals surface area contributed by atoms with Gasteiger partial charge in [0.1, 0.15) is 5.82 Å². The first-order valence-electron chi connectivity index (χ1n) is 12.5. The molecule has 7 nitrogen and oxygen atoms in total. The number of alkyl halides is 3. The third kappa shape index (κ3) is 6.30. The summed E-state index contributed by atoms with van der Waals surface area (Å²) in [5.74, 6) is 0.622. The Labute approximate surface area is 223 Å². The van der Waals surface area contributed by atoms with Crippen LogP contribution in [0.5, 0.6) is 5.88 Å². The molecule has 0 saturated carbocycles. The highest BCUT2D eigenvalue weighted by molar-refractivity contribution is 6.31. The van der Waals surface area contributed by atoms with E-state index in [9.17, 15) is 22.8 Å². The number of nitrogens with zero attached hydrogens (tertiary/aromatic N) is 3. The monoisotopic (exact) mass is 548 g/mol. The van der Waals surface area contributed by atoms with E-state index in [1.807, 2.05) is 6.92 Å². The summed E-state index contributed by atoms with van der Waals surface area (Å²) in [5, 5.41) is 2.82. The van der Waals surface area contributed by atoms with Crippen molar-refractivity contribution in [2.75, 3.05) is 11.4 Å². The van der Waals surface area contributed by atoms with Crippen LogP contribution in [0.3, 0.4) is 0 Å². The third-order valence-corrected chi connectivity index (χ3v) is 6.49. The maximum atomic E-state index is 13.6. The predicted octanol–water partition coefficient (Wildman–Crippen LogP) is 6.63. The summed E-state index contributed by atoms with van der Waals surface area (Å²) >= 11 is 6.11.